The van der Waals surface area contributed by atoms with E-state index in [2.05, 4.69) is 26.0 Å². The topological polar surface area (TPSA) is 74.2 Å². The molecule has 4 aliphatic carbocycles. The van der Waals surface area contributed by atoms with Gasteiger partial charge in [-0.3, -0.25) is 4.79 Å². The number of hydrogen-bond acceptors (Lipinski definition) is 6. The van der Waals surface area contributed by atoms with Gasteiger partial charge in [-0.15, -0.1) is 0 Å². The Bertz CT molecular complexity index is 807. The highest BCUT2D eigenvalue weighted by molar-refractivity contribution is 5.93. The minimum Gasteiger partial charge on any atom is -0.393 e. The highest BCUT2D eigenvalue weighted by atomic mass is 16.9. The predicted octanol–water partition coefficient (Wildman–Crippen LogP) is 2.71. The molecule has 6 aliphatic rings. The lowest BCUT2D eigenvalue weighted by molar-refractivity contribution is -0.255. The minimum absolute atomic E-state index is 0.124. The van der Waals surface area contributed by atoms with Crippen LogP contribution >= 0.6 is 0 Å². The molecule has 158 valence electrons. The number of hydrogen-bond donors (Lipinski definition) is 1. The van der Waals surface area contributed by atoms with E-state index in [1.165, 1.54) is 5.57 Å². The van der Waals surface area contributed by atoms with Crippen LogP contribution in [0.4, 0.5) is 0 Å². The van der Waals surface area contributed by atoms with Crippen LogP contribution in [0.2, 0.25) is 0 Å². The third kappa shape index (κ3) is 2.07. The first-order chi connectivity index (χ1) is 13.9. The monoisotopic (exact) mass is 402 g/mol. The van der Waals surface area contributed by atoms with Gasteiger partial charge in [0.15, 0.2) is 19.4 Å². The number of ketones is 1. The summed E-state index contributed by atoms with van der Waals surface area (Å²) in [6, 6.07) is 0. The normalized spacial score (nSPS) is 55.8. The standard InChI is InChI=1S/C23H30O6/c1-20-7-5-15(24)9-14(20)3-4-16-17-6-8-22(21(17,2)10-18(25)19(16)20)23(29-13-27-22)11-26-12-28-23/h3,5,7,16-19,25H,4,6,8-13H2,1-2H3/t16?,17?,18-,19?,20-,21-,22+,23?/m0/s1. The fraction of sp³-hybridized carbons (Fsp3) is 0.783. The Morgan fingerprint density at radius 3 is 2.79 bits per heavy atom. The molecular weight excluding hydrogens is 372 g/mol. The van der Waals surface area contributed by atoms with E-state index >= 15 is 0 Å². The number of carbonyl (C=O) groups is 1. The van der Waals surface area contributed by atoms with Crippen LogP contribution < -0.4 is 0 Å². The zero-order chi connectivity index (χ0) is 20.1. The molecule has 2 saturated heterocycles. The molecule has 0 aromatic carbocycles. The zero-order valence-electron chi connectivity index (χ0n) is 17.2. The van der Waals surface area contributed by atoms with Gasteiger partial charge in [0.1, 0.15) is 12.2 Å². The van der Waals surface area contributed by atoms with Crippen molar-refractivity contribution in [3.63, 3.8) is 0 Å². The third-order valence-electron chi connectivity index (χ3n) is 9.46. The van der Waals surface area contributed by atoms with E-state index in [1.807, 2.05) is 0 Å². The number of allylic oxidation sites excluding steroid dienone is 4. The van der Waals surface area contributed by atoms with Crippen molar-refractivity contribution >= 4 is 5.78 Å². The minimum atomic E-state index is -0.861. The fourth-order valence-electron chi connectivity index (χ4n) is 8.21. The molecule has 8 atom stereocenters. The quantitative estimate of drug-likeness (QED) is 0.628. The molecule has 2 aliphatic heterocycles. The first-order valence-corrected chi connectivity index (χ1v) is 10.9. The summed E-state index contributed by atoms with van der Waals surface area (Å²) in [5.41, 5.74) is 0.0980. The lowest BCUT2D eigenvalue weighted by Gasteiger charge is -2.60. The molecule has 6 nitrogen and oxygen atoms in total. The summed E-state index contributed by atoms with van der Waals surface area (Å²) in [5, 5.41) is 11.5. The maximum absolute atomic E-state index is 12.0. The van der Waals surface area contributed by atoms with Gasteiger partial charge in [0.2, 0.25) is 5.79 Å². The summed E-state index contributed by atoms with van der Waals surface area (Å²) in [6.45, 7) is 5.29. The number of fused-ring (bicyclic) bond motifs is 7. The van der Waals surface area contributed by atoms with E-state index in [4.69, 9.17) is 18.9 Å². The number of aliphatic hydroxyl groups is 1. The SMILES string of the molecule is C[C@]12C=CC(=O)CC1=CCC1C2[C@@H](O)C[C@@]2(C)C1CC[C@@]21OCOC12COCO2. The van der Waals surface area contributed by atoms with Crippen molar-refractivity contribution in [2.24, 2.45) is 28.6 Å². The highest BCUT2D eigenvalue weighted by Crippen LogP contribution is 2.70. The van der Waals surface area contributed by atoms with Crippen LogP contribution in [0.1, 0.15) is 46.0 Å². The maximum atomic E-state index is 12.0. The Kier molecular flexibility index (Phi) is 3.74. The van der Waals surface area contributed by atoms with Gasteiger partial charge in [0, 0.05) is 23.2 Å². The summed E-state index contributed by atoms with van der Waals surface area (Å²) >= 11 is 0. The van der Waals surface area contributed by atoms with Crippen LogP contribution in [0.3, 0.4) is 0 Å². The Hall–Kier alpha value is -1.05. The smallest absolute Gasteiger partial charge is 0.226 e. The molecule has 0 aromatic rings. The Morgan fingerprint density at radius 1 is 1.17 bits per heavy atom. The van der Waals surface area contributed by atoms with Gasteiger partial charge in [0.25, 0.3) is 0 Å². The molecule has 6 rings (SSSR count). The van der Waals surface area contributed by atoms with Gasteiger partial charge >= 0.3 is 0 Å². The first kappa shape index (κ1) is 18.7. The number of carbonyl (C=O) groups excluding carboxylic acids is 1. The predicted molar refractivity (Wildman–Crippen MR) is 102 cm³/mol. The average Bonchev–Trinajstić information content (AvgIpc) is 3.37. The number of rotatable bonds is 0. The molecule has 6 heteroatoms. The van der Waals surface area contributed by atoms with Crippen LogP contribution in [0, 0.1) is 28.6 Å². The van der Waals surface area contributed by atoms with Crippen molar-refractivity contribution in [3.05, 3.63) is 23.8 Å². The molecule has 1 N–H and O–H groups in total. The number of ether oxygens (including phenoxy) is 4. The van der Waals surface area contributed by atoms with Crippen molar-refractivity contribution in [2.75, 3.05) is 20.2 Å². The van der Waals surface area contributed by atoms with Crippen molar-refractivity contribution in [1.82, 2.24) is 0 Å². The van der Waals surface area contributed by atoms with Gasteiger partial charge in [-0.1, -0.05) is 31.6 Å². The molecule has 0 bridgehead atoms. The molecule has 0 radical (unpaired) electrons. The molecule has 2 spiro atoms. The van der Waals surface area contributed by atoms with E-state index in [0.717, 1.165) is 19.3 Å². The van der Waals surface area contributed by atoms with E-state index in [9.17, 15) is 9.90 Å². The largest absolute Gasteiger partial charge is 0.393 e. The van der Waals surface area contributed by atoms with E-state index in [-0.39, 0.29) is 36.1 Å². The average molecular weight is 402 g/mol. The lowest BCUT2D eigenvalue weighted by Crippen LogP contribution is -2.65. The molecule has 29 heavy (non-hydrogen) atoms. The van der Waals surface area contributed by atoms with Gasteiger partial charge < -0.3 is 24.1 Å². The van der Waals surface area contributed by atoms with Gasteiger partial charge in [-0.2, -0.15) is 0 Å². The first-order valence-electron chi connectivity index (χ1n) is 10.9. The Labute approximate surface area is 171 Å². The number of aliphatic hydroxyl groups excluding tert-OH is 1. The Morgan fingerprint density at radius 2 is 2.00 bits per heavy atom. The van der Waals surface area contributed by atoms with Crippen LogP contribution in [0.15, 0.2) is 23.8 Å². The van der Waals surface area contributed by atoms with Crippen LogP contribution in [-0.2, 0) is 23.7 Å². The highest BCUT2D eigenvalue weighted by Gasteiger charge is 2.76. The van der Waals surface area contributed by atoms with Crippen molar-refractivity contribution in [3.8, 4) is 0 Å². The molecule has 4 fully saturated rings. The van der Waals surface area contributed by atoms with Crippen LogP contribution in [0.5, 0.6) is 0 Å². The van der Waals surface area contributed by atoms with Crippen LogP contribution in [0.25, 0.3) is 0 Å². The van der Waals surface area contributed by atoms with Gasteiger partial charge in [0.05, 0.1) is 6.10 Å². The maximum Gasteiger partial charge on any atom is 0.226 e. The zero-order valence-corrected chi connectivity index (χ0v) is 17.2. The van der Waals surface area contributed by atoms with Crippen molar-refractivity contribution in [2.45, 2.75) is 63.4 Å². The van der Waals surface area contributed by atoms with Gasteiger partial charge in [-0.05, 0) is 43.6 Å². The second-order valence-corrected chi connectivity index (χ2v) is 10.3. The summed E-state index contributed by atoms with van der Waals surface area (Å²) in [7, 11) is 0. The summed E-state index contributed by atoms with van der Waals surface area (Å²) in [6.07, 6.45) is 9.53. The van der Waals surface area contributed by atoms with Crippen molar-refractivity contribution < 1.29 is 28.8 Å². The molecule has 0 aromatic heterocycles. The summed E-state index contributed by atoms with van der Waals surface area (Å²) < 4.78 is 24.0. The Balaban J connectivity index is 1.42. The molecule has 2 heterocycles. The lowest BCUT2D eigenvalue weighted by atomic mass is 9.46. The van der Waals surface area contributed by atoms with E-state index < -0.39 is 17.5 Å². The van der Waals surface area contributed by atoms with Gasteiger partial charge in [-0.25, -0.2) is 0 Å². The van der Waals surface area contributed by atoms with E-state index in [0.29, 0.717) is 31.3 Å². The second-order valence-electron chi connectivity index (χ2n) is 10.3. The summed E-state index contributed by atoms with van der Waals surface area (Å²) in [5.74, 6) is 0.176. The third-order valence-corrected chi connectivity index (χ3v) is 9.46. The van der Waals surface area contributed by atoms with E-state index in [1.54, 1.807) is 6.08 Å². The molecule has 2 saturated carbocycles. The second kappa shape index (κ2) is 5.80. The molecule has 4 unspecified atom stereocenters. The molecular formula is C23H30O6. The molecule has 0 amide bonds. The summed E-state index contributed by atoms with van der Waals surface area (Å²) in [4.78, 5) is 12.0. The fourth-order valence-corrected chi connectivity index (χ4v) is 8.21. The van der Waals surface area contributed by atoms with Crippen LogP contribution in [-0.4, -0.2) is 48.6 Å². The van der Waals surface area contributed by atoms with Crippen molar-refractivity contribution in [1.29, 1.82) is 0 Å².